The third-order valence-electron chi connectivity index (χ3n) is 5.22. The molecule has 0 amide bonds. The van der Waals surface area contributed by atoms with Gasteiger partial charge in [0.1, 0.15) is 18.4 Å². The highest BCUT2D eigenvalue weighted by atomic mass is 32.2. The summed E-state index contributed by atoms with van der Waals surface area (Å²) in [6, 6.07) is 5.50. The Labute approximate surface area is 217 Å². The van der Waals surface area contributed by atoms with E-state index in [1.54, 1.807) is 0 Å². The first-order valence-corrected chi connectivity index (χ1v) is 12.7. The van der Waals surface area contributed by atoms with Crippen LogP contribution in [0.1, 0.15) is 33.9 Å². The Bertz CT molecular complexity index is 1310. The molecule has 5 atom stereocenters. The Morgan fingerprint density at radius 2 is 1.45 bits per heavy atom. The lowest BCUT2D eigenvalue weighted by Crippen LogP contribution is -2.60. The SMILES string of the molecule is CC(=O)OC[C@H]1O[C@@H](n2cc(-c3ccc(S(N)(=O)=O)cc3)nn2)[C@@H](OC(C)=O)[C@@H](OC(C)=O)[C@@H]1OC(C)=O. The van der Waals surface area contributed by atoms with E-state index in [9.17, 15) is 27.6 Å². The summed E-state index contributed by atoms with van der Waals surface area (Å²) >= 11 is 0. The minimum Gasteiger partial charge on any atom is -0.463 e. The number of benzene rings is 1. The molecule has 0 unspecified atom stereocenters. The fourth-order valence-corrected chi connectivity index (χ4v) is 4.28. The summed E-state index contributed by atoms with van der Waals surface area (Å²) in [6.07, 6.45) is -5.08. The summed E-state index contributed by atoms with van der Waals surface area (Å²) in [7, 11) is -3.90. The number of esters is 4. The molecule has 1 saturated heterocycles. The van der Waals surface area contributed by atoms with Gasteiger partial charge in [0.2, 0.25) is 10.0 Å². The van der Waals surface area contributed by atoms with Crippen molar-refractivity contribution in [2.45, 2.75) is 63.2 Å². The molecule has 0 radical (unpaired) electrons. The van der Waals surface area contributed by atoms with Crippen LogP contribution in [-0.2, 0) is 52.9 Å². The van der Waals surface area contributed by atoms with Gasteiger partial charge in [-0.2, -0.15) is 0 Å². The van der Waals surface area contributed by atoms with E-state index in [0.717, 1.165) is 27.7 Å². The third-order valence-corrected chi connectivity index (χ3v) is 6.15. The van der Waals surface area contributed by atoms with Gasteiger partial charge in [-0.25, -0.2) is 18.2 Å². The summed E-state index contributed by atoms with van der Waals surface area (Å²) in [6.45, 7) is 4.11. The van der Waals surface area contributed by atoms with E-state index in [0.29, 0.717) is 5.56 Å². The normalized spacial score (nSPS) is 23.2. The van der Waals surface area contributed by atoms with Crippen molar-refractivity contribution < 1.29 is 51.3 Å². The van der Waals surface area contributed by atoms with Crippen LogP contribution < -0.4 is 5.14 Å². The molecule has 16 heteroatoms. The van der Waals surface area contributed by atoms with Crippen LogP contribution in [0, 0.1) is 0 Å². The zero-order valence-electron chi connectivity index (χ0n) is 20.8. The molecule has 2 N–H and O–H groups in total. The van der Waals surface area contributed by atoms with Gasteiger partial charge in [-0.15, -0.1) is 5.10 Å². The van der Waals surface area contributed by atoms with Gasteiger partial charge in [0, 0.05) is 33.3 Å². The average molecular weight is 555 g/mol. The van der Waals surface area contributed by atoms with E-state index in [2.05, 4.69) is 10.3 Å². The van der Waals surface area contributed by atoms with Gasteiger partial charge in [-0.3, -0.25) is 19.2 Å². The van der Waals surface area contributed by atoms with Crippen molar-refractivity contribution in [3.05, 3.63) is 30.5 Å². The van der Waals surface area contributed by atoms with Crippen LogP contribution in [0.5, 0.6) is 0 Å². The van der Waals surface area contributed by atoms with Gasteiger partial charge < -0.3 is 23.7 Å². The molecule has 3 rings (SSSR count). The summed E-state index contributed by atoms with van der Waals surface area (Å²) in [5.74, 6) is -2.94. The molecule has 2 aromatic rings. The van der Waals surface area contributed by atoms with Crippen molar-refractivity contribution in [3.8, 4) is 11.3 Å². The van der Waals surface area contributed by atoms with E-state index >= 15 is 0 Å². The molecular weight excluding hydrogens is 528 g/mol. The van der Waals surface area contributed by atoms with Crippen molar-refractivity contribution in [3.63, 3.8) is 0 Å². The lowest BCUT2D eigenvalue weighted by Gasteiger charge is -2.44. The fraction of sp³-hybridized carbons (Fsp3) is 0.455. The van der Waals surface area contributed by atoms with Gasteiger partial charge >= 0.3 is 23.9 Å². The topological polar surface area (TPSA) is 205 Å². The lowest BCUT2D eigenvalue weighted by atomic mass is 9.97. The molecule has 0 spiro atoms. The first-order chi connectivity index (χ1) is 17.8. The summed E-state index contributed by atoms with van der Waals surface area (Å²) in [5.41, 5.74) is 0.744. The third kappa shape index (κ3) is 7.11. The molecule has 2 heterocycles. The summed E-state index contributed by atoms with van der Waals surface area (Å²) in [5, 5.41) is 13.2. The molecule has 0 bridgehead atoms. The largest absolute Gasteiger partial charge is 0.463 e. The number of ether oxygens (including phenoxy) is 5. The maximum atomic E-state index is 12.0. The van der Waals surface area contributed by atoms with Crippen molar-refractivity contribution in [2.75, 3.05) is 6.61 Å². The van der Waals surface area contributed by atoms with E-state index < -0.39 is 71.2 Å². The molecule has 1 aromatic heterocycles. The monoisotopic (exact) mass is 554 g/mol. The predicted octanol–water partition coefficient (Wildman–Crippen LogP) is -0.152. The highest BCUT2D eigenvalue weighted by Crippen LogP contribution is 2.35. The smallest absolute Gasteiger partial charge is 0.303 e. The van der Waals surface area contributed by atoms with Crippen LogP contribution in [0.2, 0.25) is 0 Å². The Morgan fingerprint density at radius 1 is 0.895 bits per heavy atom. The number of sulfonamides is 1. The number of aromatic nitrogens is 3. The Balaban J connectivity index is 2.03. The molecular formula is C22H26N4O11S. The van der Waals surface area contributed by atoms with Gasteiger partial charge in [0.25, 0.3) is 0 Å². The van der Waals surface area contributed by atoms with Crippen molar-refractivity contribution in [2.24, 2.45) is 5.14 Å². The zero-order chi connectivity index (χ0) is 28.2. The van der Waals surface area contributed by atoms with Gasteiger partial charge in [-0.05, 0) is 12.1 Å². The second-order valence-corrected chi connectivity index (χ2v) is 9.80. The lowest BCUT2D eigenvalue weighted by molar-refractivity contribution is -0.270. The maximum absolute atomic E-state index is 12.0. The second kappa shape index (κ2) is 11.7. The average Bonchev–Trinajstić information content (AvgIpc) is 3.29. The van der Waals surface area contributed by atoms with Gasteiger partial charge in [0.05, 0.1) is 11.1 Å². The number of primary sulfonamides is 1. The zero-order valence-corrected chi connectivity index (χ0v) is 21.6. The Kier molecular flexibility index (Phi) is 8.80. The van der Waals surface area contributed by atoms with Gasteiger partial charge in [0.15, 0.2) is 24.5 Å². The number of hydrogen-bond donors (Lipinski definition) is 1. The molecule has 206 valence electrons. The van der Waals surface area contributed by atoms with Crippen molar-refractivity contribution in [1.82, 2.24) is 15.0 Å². The second-order valence-electron chi connectivity index (χ2n) is 8.24. The number of nitrogens with two attached hydrogens (primary N) is 1. The van der Waals surface area contributed by atoms with Crippen molar-refractivity contribution in [1.29, 1.82) is 0 Å². The van der Waals surface area contributed by atoms with E-state index in [4.69, 9.17) is 28.8 Å². The van der Waals surface area contributed by atoms with E-state index in [-0.39, 0.29) is 10.6 Å². The molecule has 0 aliphatic carbocycles. The maximum Gasteiger partial charge on any atom is 0.303 e. The standard InChI is InChI=1S/C22H26N4O11S/c1-11(27)33-10-18-19(34-12(2)28)20(35-13(3)29)21(36-14(4)30)22(37-18)26-9-17(24-25-26)15-5-7-16(8-6-15)38(23,31)32/h5-9,18-22H,10H2,1-4H3,(H2,23,31,32)/t18-,19-,20+,21+,22-/m1/s1. The highest BCUT2D eigenvalue weighted by molar-refractivity contribution is 7.89. The highest BCUT2D eigenvalue weighted by Gasteiger charge is 2.53. The number of rotatable bonds is 8. The van der Waals surface area contributed by atoms with Crippen LogP contribution in [0.3, 0.4) is 0 Å². The van der Waals surface area contributed by atoms with Crippen LogP contribution in [-0.4, -0.2) is 78.3 Å². The fourth-order valence-electron chi connectivity index (χ4n) is 3.77. The minimum absolute atomic E-state index is 0.103. The number of nitrogens with zero attached hydrogens (tertiary/aromatic N) is 3. The first-order valence-electron chi connectivity index (χ1n) is 11.1. The van der Waals surface area contributed by atoms with Crippen LogP contribution in [0.4, 0.5) is 0 Å². The van der Waals surface area contributed by atoms with Crippen LogP contribution >= 0.6 is 0 Å². The summed E-state index contributed by atoms with van der Waals surface area (Å²) < 4.78 is 51.5. The Hall–Kier alpha value is -3.89. The van der Waals surface area contributed by atoms with Crippen molar-refractivity contribution >= 4 is 33.9 Å². The summed E-state index contributed by atoms with van der Waals surface area (Å²) in [4.78, 5) is 47.2. The predicted molar refractivity (Wildman–Crippen MR) is 124 cm³/mol. The van der Waals surface area contributed by atoms with E-state index in [1.807, 2.05) is 0 Å². The minimum atomic E-state index is -3.90. The molecule has 1 fully saturated rings. The van der Waals surface area contributed by atoms with Crippen LogP contribution in [0.15, 0.2) is 35.4 Å². The van der Waals surface area contributed by atoms with Crippen LogP contribution in [0.25, 0.3) is 11.3 Å². The molecule has 38 heavy (non-hydrogen) atoms. The molecule has 1 aliphatic rings. The number of carbonyl (C=O) groups excluding carboxylic acids is 4. The number of hydrogen-bond acceptors (Lipinski definition) is 13. The van der Waals surface area contributed by atoms with Gasteiger partial charge in [-0.1, -0.05) is 17.3 Å². The molecule has 15 nitrogen and oxygen atoms in total. The van der Waals surface area contributed by atoms with E-state index in [1.165, 1.54) is 35.1 Å². The molecule has 0 saturated carbocycles. The number of carbonyl (C=O) groups is 4. The first kappa shape index (κ1) is 28.7. The quantitative estimate of drug-likeness (QED) is 0.333. The molecule has 1 aliphatic heterocycles. The Morgan fingerprint density at radius 3 is 1.97 bits per heavy atom. The molecule has 1 aromatic carbocycles.